The standard InChI is InChI=1S/C19H17F2N3O3S/c1-12(25)22-14-5-7-15(8-6-14)24-18(11-17(23-24)19(20)21)13-3-9-16(10-4-13)28(2,26)27/h3-11,19H,1-2H3,(H,22,25). The minimum atomic E-state index is -3.36. The second kappa shape index (κ2) is 7.51. The highest BCUT2D eigenvalue weighted by molar-refractivity contribution is 7.90. The van der Waals surface area contributed by atoms with Crippen molar-refractivity contribution in [2.45, 2.75) is 18.2 Å². The van der Waals surface area contributed by atoms with Gasteiger partial charge >= 0.3 is 0 Å². The van der Waals surface area contributed by atoms with Crippen LogP contribution in [-0.2, 0) is 14.6 Å². The van der Waals surface area contributed by atoms with E-state index in [9.17, 15) is 22.0 Å². The maximum absolute atomic E-state index is 13.2. The van der Waals surface area contributed by atoms with Gasteiger partial charge in [0.25, 0.3) is 6.43 Å². The van der Waals surface area contributed by atoms with E-state index in [0.29, 0.717) is 22.6 Å². The monoisotopic (exact) mass is 405 g/mol. The fraction of sp³-hybridized carbons (Fsp3) is 0.158. The number of hydrogen-bond donors (Lipinski definition) is 1. The number of anilines is 1. The first-order valence-corrected chi connectivity index (χ1v) is 10.1. The normalized spacial score (nSPS) is 11.6. The van der Waals surface area contributed by atoms with Gasteiger partial charge in [-0.05, 0) is 42.5 Å². The number of alkyl halides is 2. The van der Waals surface area contributed by atoms with Gasteiger partial charge in [-0.1, -0.05) is 12.1 Å². The summed E-state index contributed by atoms with van der Waals surface area (Å²) < 4.78 is 51.0. The molecule has 0 saturated heterocycles. The lowest BCUT2D eigenvalue weighted by atomic mass is 10.1. The lowest BCUT2D eigenvalue weighted by Crippen LogP contribution is -2.06. The van der Waals surface area contributed by atoms with Gasteiger partial charge in [0.1, 0.15) is 5.69 Å². The highest BCUT2D eigenvalue weighted by atomic mass is 32.2. The SMILES string of the molecule is CC(=O)Nc1ccc(-n2nc(C(F)F)cc2-c2ccc(S(C)(=O)=O)cc2)cc1. The molecule has 1 N–H and O–H groups in total. The van der Waals surface area contributed by atoms with Crippen LogP contribution < -0.4 is 5.32 Å². The summed E-state index contributed by atoms with van der Waals surface area (Å²) in [5, 5.41) is 6.61. The van der Waals surface area contributed by atoms with E-state index >= 15 is 0 Å². The third-order valence-electron chi connectivity index (χ3n) is 3.96. The Kier molecular flexibility index (Phi) is 5.28. The van der Waals surface area contributed by atoms with E-state index in [2.05, 4.69) is 10.4 Å². The van der Waals surface area contributed by atoms with Crippen molar-refractivity contribution in [3.05, 3.63) is 60.3 Å². The predicted octanol–water partition coefficient (Wildman–Crippen LogP) is 3.84. The number of sulfone groups is 1. The fourth-order valence-corrected chi connectivity index (χ4v) is 3.30. The van der Waals surface area contributed by atoms with Crippen LogP contribution in [0.1, 0.15) is 19.0 Å². The molecule has 0 aliphatic rings. The number of nitrogens with one attached hydrogen (secondary N) is 1. The van der Waals surface area contributed by atoms with Gasteiger partial charge in [0.2, 0.25) is 5.91 Å². The van der Waals surface area contributed by atoms with E-state index in [1.54, 1.807) is 36.4 Å². The number of carbonyl (C=O) groups excluding carboxylic acids is 1. The molecule has 0 atom stereocenters. The third kappa shape index (κ3) is 4.25. The van der Waals surface area contributed by atoms with E-state index in [1.807, 2.05) is 0 Å². The van der Waals surface area contributed by atoms with Gasteiger partial charge in [-0.25, -0.2) is 21.9 Å². The van der Waals surface area contributed by atoms with Crippen LogP contribution in [0.2, 0.25) is 0 Å². The van der Waals surface area contributed by atoms with Crippen molar-refractivity contribution in [3.8, 4) is 16.9 Å². The van der Waals surface area contributed by atoms with Crippen LogP contribution in [-0.4, -0.2) is 30.4 Å². The molecule has 0 saturated carbocycles. The van der Waals surface area contributed by atoms with Gasteiger partial charge in [0.05, 0.1) is 16.3 Å². The van der Waals surface area contributed by atoms with Crippen molar-refractivity contribution < 1.29 is 22.0 Å². The molecule has 9 heteroatoms. The zero-order chi connectivity index (χ0) is 20.5. The highest BCUT2D eigenvalue weighted by Crippen LogP contribution is 2.29. The predicted molar refractivity (Wildman–Crippen MR) is 101 cm³/mol. The smallest absolute Gasteiger partial charge is 0.282 e. The Hall–Kier alpha value is -3.07. The van der Waals surface area contributed by atoms with Crippen LogP contribution in [0, 0.1) is 0 Å². The molecule has 0 fully saturated rings. The van der Waals surface area contributed by atoms with E-state index in [1.165, 1.54) is 29.8 Å². The van der Waals surface area contributed by atoms with Gasteiger partial charge in [0, 0.05) is 24.4 Å². The maximum atomic E-state index is 13.2. The Balaban J connectivity index is 2.05. The molecule has 0 unspecified atom stereocenters. The first-order chi connectivity index (χ1) is 13.1. The number of nitrogens with zero attached hydrogens (tertiary/aromatic N) is 2. The quantitative estimate of drug-likeness (QED) is 0.699. The number of benzene rings is 2. The van der Waals surface area contributed by atoms with Crippen LogP contribution in [0.25, 0.3) is 16.9 Å². The average molecular weight is 405 g/mol. The maximum Gasteiger partial charge on any atom is 0.282 e. The van der Waals surface area contributed by atoms with Crippen LogP contribution in [0.4, 0.5) is 14.5 Å². The first kappa shape index (κ1) is 19.7. The molecule has 1 aromatic heterocycles. The van der Waals surface area contributed by atoms with E-state index < -0.39 is 22.0 Å². The number of carbonyl (C=O) groups is 1. The minimum Gasteiger partial charge on any atom is -0.326 e. The number of halogens is 2. The largest absolute Gasteiger partial charge is 0.326 e. The average Bonchev–Trinajstić information content (AvgIpc) is 3.07. The van der Waals surface area contributed by atoms with Crippen molar-refractivity contribution in [1.82, 2.24) is 9.78 Å². The van der Waals surface area contributed by atoms with Crippen molar-refractivity contribution in [3.63, 3.8) is 0 Å². The number of aromatic nitrogens is 2. The van der Waals surface area contributed by atoms with Gasteiger partial charge in [-0.3, -0.25) is 4.79 Å². The summed E-state index contributed by atoms with van der Waals surface area (Å²) in [5.74, 6) is -0.224. The molecule has 6 nitrogen and oxygen atoms in total. The van der Waals surface area contributed by atoms with Crippen molar-refractivity contribution >= 4 is 21.4 Å². The summed E-state index contributed by atoms with van der Waals surface area (Å²) in [7, 11) is -3.36. The Morgan fingerprint density at radius 2 is 1.68 bits per heavy atom. The molecule has 1 amide bonds. The Morgan fingerprint density at radius 1 is 1.07 bits per heavy atom. The van der Waals surface area contributed by atoms with Crippen LogP contribution in [0.3, 0.4) is 0 Å². The van der Waals surface area contributed by atoms with E-state index in [0.717, 1.165) is 6.26 Å². The summed E-state index contributed by atoms with van der Waals surface area (Å²) in [6.07, 6.45) is -1.66. The van der Waals surface area contributed by atoms with Gasteiger partial charge in [0.15, 0.2) is 9.84 Å². The zero-order valence-electron chi connectivity index (χ0n) is 15.1. The zero-order valence-corrected chi connectivity index (χ0v) is 15.9. The Bertz CT molecular complexity index is 1110. The van der Waals surface area contributed by atoms with Crippen molar-refractivity contribution in [2.24, 2.45) is 0 Å². The first-order valence-electron chi connectivity index (χ1n) is 8.22. The van der Waals surface area contributed by atoms with E-state index in [-0.39, 0.29) is 10.8 Å². The number of rotatable bonds is 5. The molecule has 0 spiro atoms. The topological polar surface area (TPSA) is 81.1 Å². The molecule has 0 aliphatic carbocycles. The van der Waals surface area contributed by atoms with Crippen molar-refractivity contribution in [1.29, 1.82) is 0 Å². The van der Waals surface area contributed by atoms with Crippen molar-refractivity contribution in [2.75, 3.05) is 11.6 Å². The molecule has 2 aromatic carbocycles. The lowest BCUT2D eigenvalue weighted by molar-refractivity contribution is -0.114. The third-order valence-corrected chi connectivity index (χ3v) is 5.09. The van der Waals surface area contributed by atoms with Gasteiger partial charge in [-0.2, -0.15) is 5.10 Å². The summed E-state index contributed by atoms with van der Waals surface area (Å²) in [4.78, 5) is 11.3. The highest BCUT2D eigenvalue weighted by Gasteiger charge is 2.18. The number of hydrogen-bond acceptors (Lipinski definition) is 4. The molecule has 28 heavy (non-hydrogen) atoms. The molecular formula is C19H17F2N3O3S. The lowest BCUT2D eigenvalue weighted by Gasteiger charge is -2.09. The fourth-order valence-electron chi connectivity index (χ4n) is 2.67. The molecule has 0 bridgehead atoms. The van der Waals surface area contributed by atoms with Gasteiger partial charge in [-0.15, -0.1) is 0 Å². The van der Waals surface area contributed by atoms with Gasteiger partial charge < -0.3 is 5.32 Å². The molecule has 0 radical (unpaired) electrons. The second-order valence-electron chi connectivity index (χ2n) is 6.19. The van der Waals surface area contributed by atoms with Crippen LogP contribution in [0.15, 0.2) is 59.5 Å². The summed E-state index contributed by atoms with van der Waals surface area (Å²) >= 11 is 0. The molecule has 0 aliphatic heterocycles. The molecule has 1 heterocycles. The Morgan fingerprint density at radius 3 is 2.18 bits per heavy atom. The minimum absolute atomic E-state index is 0.135. The molecule has 3 rings (SSSR count). The molecule has 146 valence electrons. The second-order valence-corrected chi connectivity index (χ2v) is 8.21. The van der Waals surface area contributed by atoms with Crippen LogP contribution in [0.5, 0.6) is 0 Å². The van der Waals surface area contributed by atoms with E-state index in [4.69, 9.17) is 0 Å². The van der Waals surface area contributed by atoms with Crippen LogP contribution >= 0.6 is 0 Å². The summed E-state index contributed by atoms with van der Waals surface area (Å²) in [6, 6.07) is 13.8. The number of amides is 1. The Labute approximate surface area is 160 Å². The molecular weight excluding hydrogens is 388 g/mol. The summed E-state index contributed by atoms with van der Waals surface area (Å²) in [6.45, 7) is 1.38. The summed E-state index contributed by atoms with van der Waals surface area (Å²) in [5.41, 5.74) is 1.62. The molecule has 3 aromatic rings.